The Labute approximate surface area is 98.1 Å². The number of carbonyl (C=O) groups is 1. The Morgan fingerprint density at radius 1 is 1.38 bits per heavy atom. The summed E-state index contributed by atoms with van der Waals surface area (Å²) in [6.45, 7) is 5.72. The van der Waals surface area contributed by atoms with Crippen LogP contribution in [0.25, 0.3) is 0 Å². The maximum atomic E-state index is 11.7. The molecule has 2 aliphatic rings. The fourth-order valence-corrected chi connectivity index (χ4v) is 3.51. The van der Waals surface area contributed by atoms with Gasteiger partial charge in [-0.1, -0.05) is 13.3 Å². The van der Waals surface area contributed by atoms with Crippen molar-refractivity contribution in [2.24, 2.45) is 17.8 Å². The number of likely N-dealkylation sites (tertiary alicyclic amines) is 1. The van der Waals surface area contributed by atoms with Crippen molar-refractivity contribution < 1.29 is 9.53 Å². The number of nitrogens with zero attached hydrogens (tertiary/aromatic N) is 1. The lowest BCUT2D eigenvalue weighted by Gasteiger charge is -2.44. The molecule has 1 saturated carbocycles. The van der Waals surface area contributed by atoms with Crippen molar-refractivity contribution in [2.75, 3.05) is 26.7 Å². The second kappa shape index (κ2) is 5.17. The molecule has 1 aliphatic carbocycles. The molecule has 16 heavy (non-hydrogen) atoms. The lowest BCUT2D eigenvalue weighted by atomic mass is 9.68. The molecule has 0 bridgehead atoms. The van der Waals surface area contributed by atoms with Crippen LogP contribution in [-0.4, -0.2) is 37.6 Å². The van der Waals surface area contributed by atoms with Crippen LogP contribution < -0.4 is 0 Å². The summed E-state index contributed by atoms with van der Waals surface area (Å²) in [7, 11) is 1.52. The van der Waals surface area contributed by atoms with Gasteiger partial charge in [-0.05, 0) is 44.2 Å². The molecule has 1 saturated heterocycles. The predicted molar refractivity (Wildman–Crippen MR) is 63.1 cm³/mol. The van der Waals surface area contributed by atoms with E-state index in [1.54, 1.807) is 0 Å². The van der Waals surface area contributed by atoms with Crippen molar-refractivity contribution in [3.63, 3.8) is 0 Å². The molecular formula is C13H23NO2. The molecule has 3 nitrogen and oxygen atoms in total. The minimum Gasteiger partial charge on any atom is -0.469 e. The van der Waals surface area contributed by atoms with Gasteiger partial charge < -0.3 is 9.64 Å². The number of fused-ring (bicyclic) bond motifs is 1. The number of carbonyl (C=O) groups excluding carboxylic acids is 1. The van der Waals surface area contributed by atoms with E-state index in [0.29, 0.717) is 5.92 Å². The van der Waals surface area contributed by atoms with Gasteiger partial charge in [-0.25, -0.2) is 0 Å². The highest BCUT2D eigenvalue weighted by molar-refractivity contribution is 5.72. The van der Waals surface area contributed by atoms with Crippen LogP contribution in [-0.2, 0) is 9.53 Å². The molecular weight excluding hydrogens is 202 g/mol. The lowest BCUT2D eigenvalue weighted by molar-refractivity contribution is -0.151. The quantitative estimate of drug-likeness (QED) is 0.672. The summed E-state index contributed by atoms with van der Waals surface area (Å²) in [6, 6.07) is 0. The van der Waals surface area contributed by atoms with Gasteiger partial charge in [-0.2, -0.15) is 0 Å². The first-order valence-corrected chi connectivity index (χ1v) is 6.56. The summed E-state index contributed by atoms with van der Waals surface area (Å²) in [5.41, 5.74) is 0. The molecule has 1 aliphatic heterocycles. The van der Waals surface area contributed by atoms with E-state index in [9.17, 15) is 4.79 Å². The summed E-state index contributed by atoms with van der Waals surface area (Å²) in [4.78, 5) is 14.3. The second-order valence-corrected chi connectivity index (χ2v) is 5.17. The summed E-state index contributed by atoms with van der Waals surface area (Å²) >= 11 is 0. The van der Waals surface area contributed by atoms with Gasteiger partial charge in [-0.3, -0.25) is 4.79 Å². The van der Waals surface area contributed by atoms with Crippen LogP contribution in [0, 0.1) is 17.8 Å². The van der Waals surface area contributed by atoms with Gasteiger partial charge in [0.15, 0.2) is 0 Å². The Morgan fingerprint density at radius 2 is 2.19 bits per heavy atom. The first-order valence-electron chi connectivity index (χ1n) is 6.56. The molecule has 0 N–H and O–H groups in total. The normalized spacial score (nSPS) is 35.5. The van der Waals surface area contributed by atoms with Gasteiger partial charge in [0, 0.05) is 6.54 Å². The predicted octanol–water partition coefficient (Wildman–Crippen LogP) is 1.92. The molecule has 1 heterocycles. The summed E-state index contributed by atoms with van der Waals surface area (Å²) in [5, 5.41) is 0. The van der Waals surface area contributed by atoms with Crippen LogP contribution in [0.4, 0.5) is 0 Å². The van der Waals surface area contributed by atoms with Crippen LogP contribution in [0.5, 0.6) is 0 Å². The van der Waals surface area contributed by atoms with Gasteiger partial charge in [-0.15, -0.1) is 0 Å². The van der Waals surface area contributed by atoms with E-state index in [1.807, 2.05) is 0 Å². The monoisotopic (exact) mass is 225 g/mol. The average Bonchev–Trinajstić information content (AvgIpc) is 2.36. The molecule has 3 atom stereocenters. The fraction of sp³-hybridized carbons (Fsp3) is 0.923. The molecule has 0 aromatic heterocycles. The number of hydrogen-bond donors (Lipinski definition) is 0. The highest BCUT2D eigenvalue weighted by atomic mass is 16.5. The first-order chi connectivity index (χ1) is 7.76. The zero-order valence-electron chi connectivity index (χ0n) is 10.4. The number of piperidine rings is 1. The van der Waals surface area contributed by atoms with E-state index < -0.39 is 0 Å². The zero-order chi connectivity index (χ0) is 11.5. The van der Waals surface area contributed by atoms with Crippen molar-refractivity contribution in [1.82, 2.24) is 4.90 Å². The molecule has 3 heteroatoms. The van der Waals surface area contributed by atoms with Gasteiger partial charge in [0.05, 0.1) is 13.0 Å². The Morgan fingerprint density at radius 3 is 2.88 bits per heavy atom. The van der Waals surface area contributed by atoms with Gasteiger partial charge in [0.2, 0.25) is 0 Å². The maximum absolute atomic E-state index is 11.7. The zero-order valence-corrected chi connectivity index (χ0v) is 10.4. The van der Waals surface area contributed by atoms with E-state index in [4.69, 9.17) is 4.74 Å². The van der Waals surface area contributed by atoms with Gasteiger partial charge in [0.25, 0.3) is 0 Å². The largest absolute Gasteiger partial charge is 0.469 e. The number of methoxy groups -OCH3 is 1. The van der Waals surface area contributed by atoms with Crippen LogP contribution in [0.3, 0.4) is 0 Å². The summed E-state index contributed by atoms with van der Waals surface area (Å²) in [6.07, 6.45) is 4.71. The SMILES string of the molecule is CCN1CC[C@H]2[C@@H](CCC[C@@H]2C(=O)OC)C1. The van der Waals surface area contributed by atoms with Crippen molar-refractivity contribution in [3.05, 3.63) is 0 Å². The topological polar surface area (TPSA) is 29.5 Å². The van der Waals surface area contributed by atoms with Crippen molar-refractivity contribution in [3.8, 4) is 0 Å². The molecule has 2 rings (SSSR count). The van der Waals surface area contributed by atoms with Gasteiger partial charge in [0.1, 0.15) is 0 Å². The minimum atomic E-state index is 0.0275. The fourth-order valence-electron chi connectivity index (χ4n) is 3.51. The van der Waals surface area contributed by atoms with Crippen molar-refractivity contribution in [2.45, 2.75) is 32.6 Å². The minimum absolute atomic E-state index is 0.0275. The van der Waals surface area contributed by atoms with Crippen LogP contribution >= 0.6 is 0 Å². The van der Waals surface area contributed by atoms with E-state index in [1.165, 1.54) is 32.9 Å². The highest BCUT2D eigenvalue weighted by Gasteiger charge is 2.40. The molecule has 0 aromatic rings. The highest BCUT2D eigenvalue weighted by Crippen LogP contribution is 2.40. The van der Waals surface area contributed by atoms with Crippen LogP contribution in [0.15, 0.2) is 0 Å². The Kier molecular flexibility index (Phi) is 3.85. The molecule has 0 unspecified atom stereocenters. The van der Waals surface area contributed by atoms with Crippen LogP contribution in [0.1, 0.15) is 32.6 Å². The van der Waals surface area contributed by atoms with E-state index >= 15 is 0 Å². The molecule has 0 aromatic carbocycles. The maximum Gasteiger partial charge on any atom is 0.308 e. The third-order valence-electron chi connectivity index (χ3n) is 4.43. The van der Waals surface area contributed by atoms with Gasteiger partial charge >= 0.3 is 5.97 Å². The first kappa shape index (κ1) is 11.9. The average molecular weight is 225 g/mol. The molecule has 0 amide bonds. The third-order valence-corrected chi connectivity index (χ3v) is 4.43. The molecule has 0 radical (unpaired) electrons. The molecule has 0 spiro atoms. The van der Waals surface area contributed by atoms with E-state index in [2.05, 4.69) is 11.8 Å². The standard InChI is InChI=1S/C13H23NO2/c1-3-14-8-7-11-10(9-14)5-4-6-12(11)13(15)16-2/h10-12H,3-9H2,1-2H3/t10-,11-,12-/m0/s1. The smallest absolute Gasteiger partial charge is 0.308 e. The number of hydrogen-bond acceptors (Lipinski definition) is 3. The Balaban J connectivity index is 2.01. The number of ether oxygens (including phenoxy) is 1. The molecule has 92 valence electrons. The number of rotatable bonds is 2. The Hall–Kier alpha value is -0.570. The van der Waals surface area contributed by atoms with Crippen molar-refractivity contribution in [1.29, 1.82) is 0 Å². The second-order valence-electron chi connectivity index (χ2n) is 5.17. The van der Waals surface area contributed by atoms with E-state index in [0.717, 1.165) is 25.4 Å². The summed E-state index contributed by atoms with van der Waals surface area (Å²) in [5.74, 6) is 1.53. The van der Waals surface area contributed by atoms with Crippen LogP contribution in [0.2, 0.25) is 0 Å². The van der Waals surface area contributed by atoms with Crippen molar-refractivity contribution >= 4 is 5.97 Å². The molecule has 2 fully saturated rings. The Bertz CT molecular complexity index is 254. The van der Waals surface area contributed by atoms with E-state index in [-0.39, 0.29) is 11.9 Å². The summed E-state index contributed by atoms with van der Waals surface area (Å²) < 4.78 is 4.94. The lowest BCUT2D eigenvalue weighted by Crippen LogP contribution is -2.46. The number of esters is 1. The third kappa shape index (κ3) is 2.24.